The van der Waals surface area contributed by atoms with E-state index in [4.69, 9.17) is 0 Å². The molecule has 1 amide bonds. The average Bonchev–Trinajstić information content (AvgIpc) is 2.80. The first-order valence-electron chi connectivity index (χ1n) is 5.94. The van der Waals surface area contributed by atoms with Crippen LogP contribution in [0.5, 0.6) is 0 Å². The van der Waals surface area contributed by atoms with Crippen LogP contribution in [-0.4, -0.2) is 44.0 Å². The van der Waals surface area contributed by atoms with Crippen molar-refractivity contribution in [2.75, 3.05) is 5.75 Å². The Morgan fingerprint density at radius 2 is 2.19 bits per heavy atom. The molecule has 2 rings (SSSR count). The minimum Gasteiger partial charge on any atom is -0.480 e. The number of aliphatic carboxylic acids is 1. The van der Waals surface area contributed by atoms with E-state index in [0.717, 1.165) is 0 Å². The summed E-state index contributed by atoms with van der Waals surface area (Å²) >= 11 is 3.28. The Labute approximate surface area is 138 Å². The zero-order valence-corrected chi connectivity index (χ0v) is 13.8. The van der Waals surface area contributed by atoms with Crippen LogP contribution in [0.15, 0.2) is 18.2 Å². The second kappa shape index (κ2) is 6.18. The molecule has 7 nitrogen and oxygen atoms in total. The van der Waals surface area contributed by atoms with Gasteiger partial charge in [-0.25, -0.2) is 4.79 Å². The van der Waals surface area contributed by atoms with Crippen molar-refractivity contribution in [3.05, 3.63) is 37.4 Å². The number of nitro benzene ring substituents is 1. The van der Waals surface area contributed by atoms with Crippen molar-refractivity contribution in [3.63, 3.8) is 0 Å². The molecule has 0 radical (unpaired) electrons. The van der Waals surface area contributed by atoms with Crippen LogP contribution < -0.4 is 0 Å². The lowest BCUT2D eigenvalue weighted by Gasteiger charge is -2.25. The normalized spacial score (nSPS) is 21.3. The highest BCUT2D eigenvalue weighted by molar-refractivity contribution is 14.1. The van der Waals surface area contributed by atoms with E-state index in [1.165, 1.54) is 34.9 Å². The molecule has 2 atom stereocenters. The van der Waals surface area contributed by atoms with Gasteiger partial charge in [-0.1, -0.05) is 0 Å². The van der Waals surface area contributed by atoms with E-state index in [0.29, 0.717) is 9.32 Å². The number of thioether (sulfide) groups is 1. The number of hydrogen-bond acceptors (Lipinski definition) is 5. The predicted molar refractivity (Wildman–Crippen MR) is 85.3 cm³/mol. The van der Waals surface area contributed by atoms with Gasteiger partial charge in [0.05, 0.1) is 15.9 Å². The maximum atomic E-state index is 12.6. The Kier molecular flexibility index (Phi) is 4.71. The van der Waals surface area contributed by atoms with Crippen LogP contribution in [0.3, 0.4) is 0 Å². The first-order chi connectivity index (χ1) is 9.82. The van der Waals surface area contributed by atoms with E-state index in [-0.39, 0.29) is 16.6 Å². The number of amides is 1. The molecule has 2 unspecified atom stereocenters. The Morgan fingerprint density at radius 3 is 2.76 bits per heavy atom. The third-order valence-corrected chi connectivity index (χ3v) is 5.29. The molecule has 0 aromatic heterocycles. The fourth-order valence-electron chi connectivity index (χ4n) is 2.07. The van der Waals surface area contributed by atoms with Crippen molar-refractivity contribution in [2.24, 2.45) is 0 Å². The van der Waals surface area contributed by atoms with Crippen molar-refractivity contribution in [3.8, 4) is 0 Å². The SMILES string of the molecule is CC1SCC(C(=O)O)N1C(=O)c1cc([N+](=O)[O-])ccc1I. The lowest BCUT2D eigenvalue weighted by molar-refractivity contribution is -0.384. The number of carboxylic acid groups (broad SMARTS) is 1. The minimum atomic E-state index is -1.07. The van der Waals surface area contributed by atoms with Crippen LogP contribution in [-0.2, 0) is 4.79 Å². The van der Waals surface area contributed by atoms with Crippen LogP contribution in [0.25, 0.3) is 0 Å². The Morgan fingerprint density at radius 1 is 1.52 bits per heavy atom. The Balaban J connectivity index is 2.41. The molecule has 0 spiro atoms. The molecule has 1 aliphatic heterocycles. The van der Waals surface area contributed by atoms with Crippen LogP contribution >= 0.6 is 34.4 Å². The van der Waals surface area contributed by atoms with Crippen LogP contribution in [0.1, 0.15) is 17.3 Å². The monoisotopic (exact) mass is 422 g/mol. The van der Waals surface area contributed by atoms with Gasteiger partial charge in [0.25, 0.3) is 11.6 Å². The maximum absolute atomic E-state index is 12.6. The molecule has 0 saturated carbocycles. The predicted octanol–water partition coefficient (Wildman–Crippen LogP) is 2.19. The summed E-state index contributed by atoms with van der Waals surface area (Å²) in [4.78, 5) is 35.3. The zero-order valence-electron chi connectivity index (χ0n) is 10.9. The molecule has 0 aliphatic carbocycles. The first kappa shape index (κ1) is 16.0. The standard InChI is InChI=1S/C12H11IN2O5S/c1-6-14(10(5-21-6)12(17)18)11(16)8-4-7(15(19)20)2-3-9(8)13/h2-4,6,10H,5H2,1H3,(H,17,18). The second-order valence-electron chi connectivity index (χ2n) is 4.42. The third kappa shape index (κ3) is 3.12. The molecule has 1 heterocycles. The van der Waals surface area contributed by atoms with E-state index >= 15 is 0 Å². The molecule has 0 bridgehead atoms. The molecular weight excluding hydrogens is 411 g/mol. The number of carboxylic acids is 1. The molecule has 112 valence electrons. The topological polar surface area (TPSA) is 101 Å². The smallest absolute Gasteiger partial charge is 0.327 e. The molecule has 1 saturated heterocycles. The number of rotatable bonds is 3. The average molecular weight is 422 g/mol. The van der Waals surface area contributed by atoms with Crippen molar-refractivity contribution >= 4 is 51.9 Å². The van der Waals surface area contributed by atoms with Gasteiger partial charge in [0.2, 0.25) is 0 Å². The zero-order chi connectivity index (χ0) is 15.7. The van der Waals surface area contributed by atoms with Gasteiger partial charge in [-0.05, 0) is 35.6 Å². The fourth-order valence-corrected chi connectivity index (χ4v) is 3.80. The van der Waals surface area contributed by atoms with Gasteiger partial charge < -0.3 is 10.0 Å². The number of benzene rings is 1. The summed E-state index contributed by atoms with van der Waals surface area (Å²) in [5, 5.41) is 19.7. The molecule has 9 heteroatoms. The Bertz CT molecular complexity index is 624. The molecule has 1 aromatic rings. The van der Waals surface area contributed by atoms with E-state index in [9.17, 15) is 24.8 Å². The highest BCUT2D eigenvalue weighted by Gasteiger charge is 2.40. The summed E-state index contributed by atoms with van der Waals surface area (Å²) in [6, 6.07) is 3.08. The highest BCUT2D eigenvalue weighted by atomic mass is 127. The molecule has 1 aromatic carbocycles. The van der Waals surface area contributed by atoms with Crippen LogP contribution in [0.4, 0.5) is 5.69 Å². The van der Waals surface area contributed by atoms with Gasteiger partial charge in [0.1, 0.15) is 6.04 Å². The number of nitrogens with zero attached hydrogens (tertiary/aromatic N) is 2. The second-order valence-corrected chi connectivity index (χ2v) is 6.93. The van der Waals surface area contributed by atoms with Crippen molar-refractivity contribution in [1.82, 2.24) is 4.90 Å². The molecule has 1 fully saturated rings. The van der Waals surface area contributed by atoms with Crippen LogP contribution in [0.2, 0.25) is 0 Å². The summed E-state index contributed by atoms with van der Waals surface area (Å²) in [6.45, 7) is 1.75. The summed E-state index contributed by atoms with van der Waals surface area (Å²) < 4.78 is 0.552. The summed E-state index contributed by atoms with van der Waals surface area (Å²) in [6.07, 6.45) is 0. The van der Waals surface area contributed by atoms with Gasteiger partial charge in [0, 0.05) is 21.5 Å². The van der Waals surface area contributed by atoms with Gasteiger partial charge in [-0.2, -0.15) is 0 Å². The molecular formula is C12H11IN2O5S. The lowest BCUT2D eigenvalue weighted by Crippen LogP contribution is -2.45. The molecule has 1 N–H and O–H groups in total. The summed E-state index contributed by atoms with van der Waals surface area (Å²) in [5.41, 5.74) is -0.0319. The maximum Gasteiger partial charge on any atom is 0.327 e. The highest BCUT2D eigenvalue weighted by Crippen LogP contribution is 2.32. The van der Waals surface area contributed by atoms with Gasteiger partial charge in [-0.15, -0.1) is 11.8 Å². The quantitative estimate of drug-likeness (QED) is 0.456. The van der Waals surface area contributed by atoms with E-state index in [2.05, 4.69) is 0 Å². The van der Waals surface area contributed by atoms with E-state index in [1.54, 1.807) is 6.92 Å². The first-order valence-corrected chi connectivity index (χ1v) is 8.06. The minimum absolute atomic E-state index is 0.158. The van der Waals surface area contributed by atoms with E-state index in [1.807, 2.05) is 22.6 Å². The van der Waals surface area contributed by atoms with Gasteiger partial charge >= 0.3 is 5.97 Å². The Hall–Kier alpha value is -1.36. The van der Waals surface area contributed by atoms with Crippen molar-refractivity contribution in [1.29, 1.82) is 0 Å². The van der Waals surface area contributed by atoms with Crippen molar-refractivity contribution in [2.45, 2.75) is 18.3 Å². The summed E-state index contributed by atoms with van der Waals surface area (Å²) in [5.74, 6) is -1.25. The fraction of sp³-hybridized carbons (Fsp3) is 0.333. The summed E-state index contributed by atoms with van der Waals surface area (Å²) in [7, 11) is 0. The van der Waals surface area contributed by atoms with Crippen molar-refractivity contribution < 1.29 is 19.6 Å². The van der Waals surface area contributed by atoms with E-state index < -0.39 is 22.8 Å². The number of halogens is 1. The molecule has 21 heavy (non-hydrogen) atoms. The van der Waals surface area contributed by atoms with Crippen LogP contribution in [0, 0.1) is 13.7 Å². The lowest BCUT2D eigenvalue weighted by atomic mass is 10.1. The number of hydrogen-bond donors (Lipinski definition) is 1. The number of nitro groups is 1. The molecule has 1 aliphatic rings. The number of carbonyl (C=O) groups is 2. The largest absolute Gasteiger partial charge is 0.480 e. The van der Waals surface area contributed by atoms with Gasteiger partial charge in [-0.3, -0.25) is 14.9 Å². The number of carbonyl (C=O) groups excluding carboxylic acids is 1. The number of non-ortho nitro benzene ring substituents is 1. The third-order valence-electron chi connectivity index (χ3n) is 3.13. The van der Waals surface area contributed by atoms with Gasteiger partial charge in [0.15, 0.2) is 0 Å².